The molecule has 2 rings (SSSR count). The molecule has 142 valence electrons. The number of fused-ring (bicyclic) bond motifs is 1. The summed E-state index contributed by atoms with van der Waals surface area (Å²) >= 11 is 0. The van der Waals surface area contributed by atoms with Crippen LogP contribution in [0.25, 0.3) is 10.9 Å². The molecule has 1 aromatic heterocycles. The summed E-state index contributed by atoms with van der Waals surface area (Å²) in [7, 11) is 0. The zero-order valence-corrected chi connectivity index (χ0v) is 13.0. The van der Waals surface area contributed by atoms with Crippen molar-refractivity contribution in [3.63, 3.8) is 0 Å². The number of hydrogen-bond donors (Lipinski definition) is 11. The third-order valence-electron chi connectivity index (χ3n) is 3.73. The molecule has 0 spiro atoms. The number of benzene rings is 1. The number of aromatic hydroxyl groups is 5. The van der Waals surface area contributed by atoms with E-state index in [0.717, 1.165) is 6.92 Å². The maximum Gasteiger partial charge on any atom is 0.362 e. The lowest BCUT2D eigenvalue weighted by Crippen LogP contribution is -2.70. The summed E-state index contributed by atoms with van der Waals surface area (Å²) in [6, 6.07) is 0. The summed E-state index contributed by atoms with van der Waals surface area (Å²) < 4.78 is 0. The minimum Gasteiger partial charge on any atom is -0.504 e. The Morgan fingerprint density at radius 2 is 1.50 bits per heavy atom. The number of nitrogens with two attached hydrogens (primary N) is 1. The molecule has 0 aliphatic rings. The lowest BCUT2D eigenvalue weighted by molar-refractivity contribution is -0.205. The van der Waals surface area contributed by atoms with Crippen molar-refractivity contribution in [1.82, 2.24) is 10.3 Å². The van der Waals surface area contributed by atoms with E-state index in [9.17, 15) is 50.4 Å². The number of rotatable bonds is 4. The summed E-state index contributed by atoms with van der Waals surface area (Å²) in [5.41, 5.74) is -3.40. The molecule has 2 aromatic rings. The first-order valence-corrected chi connectivity index (χ1v) is 6.74. The van der Waals surface area contributed by atoms with E-state index in [1.54, 1.807) is 0 Å². The summed E-state index contributed by atoms with van der Waals surface area (Å²) in [6.07, 6.45) is 0. The first kappa shape index (κ1) is 18.9. The number of carbonyl (C=O) groups excluding carboxylic acids is 1. The van der Waals surface area contributed by atoms with E-state index < -0.39 is 68.7 Å². The third kappa shape index (κ3) is 2.30. The molecule has 0 aliphatic carbocycles. The highest BCUT2D eigenvalue weighted by Crippen LogP contribution is 2.53. The van der Waals surface area contributed by atoms with Crippen molar-refractivity contribution in [3.05, 3.63) is 5.56 Å². The topological polar surface area (TPSA) is 250 Å². The van der Waals surface area contributed by atoms with Crippen molar-refractivity contribution in [3.8, 4) is 28.9 Å². The number of carboxylic acid groups (broad SMARTS) is 1. The average molecular weight is 373 g/mol. The molecule has 13 heteroatoms. The number of nitrogens with one attached hydrogen (secondary N) is 2. The van der Waals surface area contributed by atoms with Gasteiger partial charge in [0.1, 0.15) is 0 Å². The minimum atomic E-state index is -3.61. The van der Waals surface area contributed by atoms with Crippen LogP contribution in [0.5, 0.6) is 28.9 Å². The fraction of sp³-hybridized carbons (Fsp3) is 0.231. The van der Waals surface area contributed by atoms with Crippen LogP contribution < -0.4 is 11.1 Å². The molecule has 0 aliphatic heterocycles. The van der Waals surface area contributed by atoms with E-state index in [4.69, 9.17) is 5.73 Å². The Hall–Kier alpha value is -3.42. The van der Waals surface area contributed by atoms with Gasteiger partial charge >= 0.3 is 5.97 Å². The van der Waals surface area contributed by atoms with E-state index in [2.05, 4.69) is 0 Å². The van der Waals surface area contributed by atoms with Gasteiger partial charge in [0.05, 0.1) is 16.5 Å². The van der Waals surface area contributed by atoms with Crippen LogP contribution in [0.4, 0.5) is 0 Å². The molecule has 1 heterocycles. The number of phenols is 4. The Labute approximate surface area is 143 Å². The Balaban J connectivity index is 2.94. The number of aromatic nitrogens is 1. The molecule has 2 unspecified atom stereocenters. The molecular formula is C13H15N3O10. The highest BCUT2D eigenvalue weighted by atomic mass is 16.4. The van der Waals surface area contributed by atoms with Crippen LogP contribution in [-0.2, 0) is 15.3 Å². The fourth-order valence-electron chi connectivity index (χ4n) is 2.48. The number of aliphatic hydroxyl groups is 2. The Kier molecular flexibility index (Phi) is 4.04. The van der Waals surface area contributed by atoms with E-state index >= 15 is 0 Å². The van der Waals surface area contributed by atoms with Gasteiger partial charge in [0.2, 0.25) is 23.1 Å². The smallest absolute Gasteiger partial charge is 0.362 e. The van der Waals surface area contributed by atoms with Crippen LogP contribution in [0.2, 0.25) is 0 Å². The maximum atomic E-state index is 11.4. The van der Waals surface area contributed by atoms with Crippen LogP contribution in [0.1, 0.15) is 12.5 Å². The lowest BCUT2D eigenvalue weighted by Gasteiger charge is -2.37. The van der Waals surface area contributed by atoms with Gasteiger partial charge in [-0.3, -0.25) is 10.5 Å². The Bertz CT molecular complexity index is 934. The highest BCUT2D eigenvalue weighted by molar-refractivity contribution is 6.01. The van der Waals surface area contributed by atoms with Gasteiger partial charge in [-0.05, 0) is 0 Å². The second kappa shape index (κ2) is 5.55. The number of carboxylic acids is 1. The van der Waals surface area contributed by atoms with Gasteiger partial charge in [-0.2, -0.15) is 0 Å². The van der Waals surface area contributed by atoms with Gasteiger partial charge in [-0.15, -0.1) is 0 Å². The Morgan fingerprint density at radius 1 is 1.00 bits per heavy atom. The number of phenolic OH excluding ortho intramolecular Hbond substituents is 4. The summed E-state index contributed by atoms with van der Waals surface area (Å²) in [5, 5.41) is 79.5. The third-order valence-corrected chi connectivity index (χ3v) is 3.73. The SMILES string of the molecule is CC(=O)NC(O)(C(=O)O)C(N)(O)c1c(O)[nH]c2c(O)c(O)c(O)c(O)c12. The molecule has 2 atom stereocenters. The van der Waals surface area contributed by atoms with E-state index in [0.29, 0.717) is 0 Å². The normalized spacial score (nSPS) is 16.0. The standard InChI is InChI=1S/C13H15N3O10/c1-2(17)16-13(26,11(23)24)12(14,25)4-3-5(15-10(4)22)7(19)9(21)8(20)6(3)18/h15,18-22,25-26H,14H2,1H3,(H,16,17)(H,23,24). The molecule has 0 fully saturated rings. The van der Waals surface area contributed by atoms with Crippen LogP contribution in [0.3, 0.4) is 0 Å². The summed E-state index contributed by atoms with van der Waals surface area (Å²) in [5.74, 6) is -9.31. The molecule has 1 amide bonds. The van der Waals surface area contributed by atoms with E-state index in [1.165, 1.54) is 5.32 Å². The van der Waals surface area contributed by atoms with E-state index in [-0.39, 0.29) is 0 Å². The molecule has 1 aromatic carbocycles. The molecule has 13 nitrogen and oxygen atoms in total. The number of amides is 1. The molecule has 26 heavy (non-hydrogen) atoms. The minimum absolute atomic E-state index is 0.662. The molecular weight excluding hydrogens is 358 g/mol. The first-order valence-electron chi connectivity index (χ1n) is 6.74. The molecule has 0 saturated heterocycles. The monoisotopic (exact) mass is 373 g/mol. The molecule has 0 saturated carbocycles. The second-order valence-electron chi connectivity index (χ2n) is 5.46. The van der Waals surface area contributed by atoms with Crippen LogP contribution in [-0.4, -0.2) is 63.4 Å². The lowest BCUT2D eigenvalue weighted by atomic mass is 9.90. The van der Waals surface area contributed by atoms with Gasteiger partial charge in [-0.25, -0.2) is 4.79 Å². The van der Waals surface area contributed by atoms with Gasteiger partial charge in [0, 0.05) is 6.92 Å². The second-order valence-corrected chi connectivity index (χ2v) is 5.46. The van der Waals surface area contributed by atoms with Gasteiger partial charge in [0.25, 0.3) is 5.72 Å². The molecule has 12 N–H and O–H groups in total. The van der Waals surface area contributed by atoms with Gasteiger partial charge in [-0.1, -0.05) is 0 Å². The predicted molar refractivity (Wildman–Crippen MR) is 81.1 cm³/mol. The van der Waals surface area contributed by atoms with Crippen molar-refractivity contribution in [2.24, 2.45) is 5.73 Å². The van der Waals surface area contributed by atoms with Crippen LogP contribution >= 0.6 is 0 Å². The zero-order valence-electron chi connectivity index (χ0n) is 13.0. The number of aromatic amines is 1. The van der Waals surface area contributed by atoms with Crippen molar-refractivity contribution in [2.75, 3.05) is 0 Å². The highest BCUT2D eigenvalue weighted by Gasteiger charge is 2.58. The Morgan fingerprint density at radius 3 is 1.96 bits per heavy atom. The van der Waals surface area contributed by atoms with E-state index in [1.807, 2.05) is 4.98 Å². The average Bonchev–Trinajstić information content (AvgIpc) is 2.87. The van der Waals surface area contributed by atoms with Crippen molar-refractivity contribution < 1.29 is 50.4 Å². The van der Waals surface area contributed by atoms with Gasteiger partial charge < -0.3 is 51.2 Å². The predicted octanol–water partition coefficient (Wildman–Crippen LogP) is -2.29. The number of aliphatic carboxylic acids is 1. The van der Waals surface area contributed by atoms with Crippen molar-refractivity contribution in [2.45, 2.75) is 18.4 Å². The maximum absolute atomic E-state index is 11.4. The number of H-pyrrole nitrogens is 1. The summed E-state index contributed by atoms with van der Waals surface area (Å²) in [6.45, 7) is 0.798. The largest absolute Gasteiger partial charge is 0.504 e. The number of carbonyl (C=O) groups is 2. The first-order chi connectivity index (χ1) is 11.8. The number of hydrogen-bond acceptors (Lipinski definition) is 10. The fourth-order valence-corrected chi connectivity index (χ4v) is 2.48. The quantitative estimate of drug-likeness (QED) is 0.154. The van der Waals surface area contributed by atoms with Crippen molar-refractivity contribution >= 4 is 22.8 Å². The van der Waals surface area contributed by atoms with Gasteiger partial charge in [0.15, 0.2) is 17.4 Å². The van der Waals surface area contributed by atoms with Crippen LogP contribution in [0, 0.1) is 0 Å². The zero-order chi connectivity index (χ0) is 20.2. The van der Waals surface area contributed by atoms with Crippen molar-refractivity contribution in [1.29, 1.82) is 0 Å². The summed E-state index contributed by atoms with van der Waals surface area (Å²) in [4.78, 5) is 24.6. The molecule has 0 radical (unpaired) electrons. The van der Waals surface area contributed by atoms with Crippen LogP contribution in [0.15, 0.2) is 0 Å². The molecule has 0 bridgehead atoms.